The number of aromatic nitrogens is 1. The van der Waals surface area contributed by atoms with Crippen molar-refractivity contribution in [2.45, 2.75) is 9.79 Å². The van der Waals surface area contributed by atoms with Crippen molar-refractivity contribution in [3.8, 4) is 0 Å². The van der Waals surface area contributed by atoms with Crippen LogP contribution in [0.4, 0.5) is 0 Å². The maximum atomic E-state index is 2.13. The lowest BCUT2D eigenvalue weighted by atomic mass is 10.4. The minimum absolute atomic E-state index is 1.25. The first-order valence-electron chi connectivity index (χ1n) is 4.67. The van der Waals surface area contributed by atoms with E-state index in [4.69, 9.17) is 0 Å². The van der Waals surface area contributed by atoms with Crippen molar-refractivity contribution < 1.29 is 3.97 Å². The molecule has 76 valence electrons. The summed E-state index contributed by atoms with van der Waals surface area (Å²) in [5.41, 5.74) is 0. The van der Waals surface area contributed by atoms with Gasteiger partial charge in [0.15, 0.2) is 12.4 Å². The van der Waals surface area contributed by atoms with Crippen molar-refractivity contribution in [2.24, 2.45) is 0 Å². The van der Waals surface area contributed by atoms with E-state index in [0.29, 0.717) is 0 Å². The Morgan fingerprint density at radius 2 is 1.53 bits per heavy atom. The Morgan fingerprint density at radius 3 is 2.13 bits per heavy atom. The zero-order valence-electron chi connectivity index (χ0n) is 8.46. The number of nitrogens with zero attached hydrogens (tertiary/aromatic N) is 1. The van der Waals surface area contributed by atoms with Crippen molar-refractivity contribution in [1.82, 2.24) is 0 Å². The van der Waals surface area contributed by atoms with Crippen molar-refractivity contribution in [2.75, 3.05) is 6.26 Å². The Hall–Kier alpha value is -0.930. The summed E-state index contributed by atoms with van der Waals surface area (Å²) in [7, 11) is 0. The minimum Gasteiger partial charge on any atom is -0.130 e. The highest BCUT2D eigenvalue weighted by Gasteiger charge is 2.04. The molecule has 1 aromatic carbocycles. The van der Waals surface area contributed by atoms with Crippen LogP contribution in [0.25, 0.3) is 0 Å². The number of hydrogen-bond acceptors (Lipinski definition) is 2. The smallest absolute Gasteiger partial charge is 0.130 e. The molecule has 0 bridgehead atoms. The number of rotatable bonds is 3. The van der Waals surface area contributed by atoms with Gasteiger partial charge in [0.1, 0.15) is 0 Å². The fourth-order valence-corrected chi connectivity index (χ4v) is 2.36. The molecule has 2 aromatic rings. The van der Waals surface area contributed by atoms with Gasteiger partial charge in [-0.2, -0.15) is 0 Å². The second kappa shape index (κ2) is 5.24. The van der Waals surface area contributed by atoms with Crippen molar-refractivity contribution in [1.29, 1.82) is 0 Å². The quantitative estimate of drug-likeness (QED) is 0.593. The standard InChI is InChI=1S/C12H12NS2/c1-14-11-7-9-13(10-8-11)15-12-5-3-2-4-6-12/h2-10H,1H3/q+1. The Bertz CT molecular complexity index is 411. The SMILES string of the molecule is CSc1cc[n+](Sc2ccccc2)cc1. The molecule has 0 amide bonds. The summed E-state index contributed by atoms with van der Waals surface area (Å²) in [6.45, 7) is 0. The molecule has 0 aliphatic heterocycles. The maximum absolute atomic E-state index is 2.13. The van der Waals surface area contributed by atoms with Gasteiger partial charge >= 0.3 is 0 Å². The van der Waals surface area contributed by atoms with Crippen LogP contribution in [0.1, 0.15) is 0 Å². The second-order valence-electron chi connectivity index (χ2n) is 3.00. The van der Waals surface area contributed by atoms with Crippen LogP contribution in [-0.4, -0.2) is 6.26 Å². The highest BCUT2D eigenvalue weighted by atomic mass is 32.2. The molecule has 0 N–H and O–H groups in total. The van der Waals surface area contributed by atoms with Crippen molar-refractivity contribution in [3.63, 3.8) is 0 Å². The van der Waals surface area contributed by atoms with Gasteiger partial charge in [0, 0.05) is 17.0 Å². The van der Waals surface area contributed by atoms with E-state index in [1.54, 1.807) is 23.7 Å². The van der Waals surface area contributed by atoms with Gasteiger partial charge in [-0.05, 0) is 18.4 Å². The summed E-state index contributed by atoms with van der Waals surface area (Å²) < 4.78 is 2.11. The third-order valence-electron chi connectivity index (χ3n) is 1.96. The van der Waals surface area contributed by atoms with Crippen LogP contribution >= 0.6 is 23.7 Å². The van der Waals surface area contributed by atoms with E-state index >= 15 is 0 Å². The molecule has 15 heavy (non-hydrogen) atoms. The van der Waals surface area contributed by atoms with Crippen LogP contribution in [0.2, 0.25) is 0 Å². The summed E-state index contributed by atoms with van der Waals surface area (Å²) >= 11 is 3.48. The van der Waals surface area contributed by atoms with Gasteiger partial charge in [0.25, 0.3) is 0 Å². The molecule has 1 aromatic heterocycles. The highest BCUT2D eigenvalue weighted by molar-refractivity contribution is 7.98. The molecule has 0 aliphatic rings. The summed E-state index contributed by atoms with van der Waals surface area (Å²) in [5.74, 6) is 0. The average Bonchev–Trinajstić information content (AvgIpc) is 2.31. The molecule has 0 saturated carbocycles. The Kier molecular flexibility index (Phi) is 3.69. The van der Waals surface area contributed by atoms with Crippen LogP contribution in [-0.2, 0) is 0 Å². The van der Waals surface area contributed by atoms with Crippen LogP contribution in [0.3, 0.4) is 0 Å². The lowest BCUT2D eigenvalue weighted by Gasteiger charge is -1.95. The number of pyridine rings is 1. The minimum atomic E-state index is 1.25. The van der Waals surface area contributed by atoms with Crippen molar-refractivity contribution >= 4 is 23.7 Å². The molecule has 1 heterocycles. The molecular formula is C12H12NS2+. The van der Waals surface area contributed by atoms with E-state index < -0.39 is 0 Å². The van der Waals surface area contributed by atoms with E-state index in [1.165, 1.54) is 9.79 Å². The first-order valence-corrected chi connectivity index (χ1v) is 6.67. The lowest BCUT2D eigenvalue weighted by Crippen LogP contribution is -2.22. The van der Waals surface area contributed by atoms with Crippen LogP contribution < -0.4 is 3.97 Å². The first kappa shape index (κ1) is 10.6. The summed E-state index contributed by atoms with van der Waals surface area (Å²) in [5, 5.41) is 0. The molecule has 0 atom stereocenters. The molecule has 0 fully saturated rings. The summed E-state index contributed by atoms with van der Waals surface area (Å²) in [6, 6.07) is 14.6. The zero-order chi connectivity index (χ0) is 10.5. The molecule has 0 saturated heterocycles. The molecule has 3 heteroatoms. The largest absolute Gasteiger partial charge is 0.202 e. The van der Waals surface area contributed by atoms with E-state index in [9.17, 15) is 0 Å². The molecular weight excluding hydrogens is 222 g/mol. The number of hydrogen-bond donors (Lipinski definition) is 0. The summed E-state index contributed by atoms with van der Waals surface area (Å²) in [6.07, 6.45) is 6.26. The van der Waals surface area contributed by atoms with E-state index in [2.05, 4.69) is 59.0 Å². The fraction of sp³-hybridized carbons (Fsp3) is 0.0833. The Morgan fingerprint density at radius 1 is 0.867 bits per heavy atom. The fourth-order valence-electron chi connectivity index (χ4n) is 1.20. The van der Waals surface area contributed by atoms with Crippen LogP contribution in [0.5, 0.6) is 0 Å². The second-order valence-corrected chi connectivity index (χ2v) is 4.96. The van der Waals surface area contributed by atoms with Gasteiger partial charge in [-0.3, -0.25) is 0 Å². The van der Waals surface area contributed by atoms with Gasteiger partial charge in [-0.25, -0.2) is 0 Å². The molecule has 0 spiro atoms. The van der Waals surface area contributed by atoms with Gasteiger partial charge < -0.3 is 0 Å². The molecule has 0 unspecified atom stereocenters. The Balaban J connectivity index is 2.11. The maximum Gasteiger partial charge on any atom is 0.202 e. The zero-order valence-corrected chi connectivity index (χ0v) is 10.1. The highest BCUT2D eigenvalue weighted by Crippen LogP contribution is 2.15. The van der Waals surface area contributed by atoms with Gasteiger partial charge in [-0.1, -0.05) is 18.2 Å². The predicted molar refractivity (Wildman–Crippen MR) is 66.1 cm³/mol. The average molecular weight is 234 g/mol. The molecule has 1 nitrogen and oxygen atoms in total. The molecule has 2 rings (SSSR count). The Labute approximate surface area is 98.7 Å². The summed E-state index contributed by atoms with van der Waals surface area (Å²) in [4.78, 5) is 2.54. The van der Waals surface area contributed by atoms with Gasteiger partial charge in [0.2, 0.25) is 11.9 Å². The van der Waals surface area contributed by atoms with Crippen molar-refractivity contribution in [3.05, 3.63) is 54.9 Å². The van der Waals surface area contributed by atoms with E-state index in [-0.39, 0.29) is 0 Å². The first-order chi connectivity index (χ1) is 7.38. The lowest BCUT2D eigenvalue weighted by molar-refractivity contribution is -0.494. The molecule has 0 radical (unpaired) electrons. The third kappa shape index (κ3) is 3.01. The topological polar surface area (TPSA) is 3.88 Å². The van der Waals surface area contributed by atoms with Gasteiger partial charge in [-0.15, -0.1) is 15.7 Å². The van der Waals surface area contributed by atoms with Gasteiger partial charge in [0.05, 0.1) is 4.90 Å². The van der Waals surface area contributed by atoms with E-state index in [1.807, 2.05) is 6.07 Å². The third-order valence-corrected chi connectivity index (χ3v) is 3.64. The van der Waals surface area contributed by atoms with Crippen LogP contribution in [0.15, 0.2) is 64.6 Å². The molecule has 0 aliphatic carbocycles. The predicted octanol–water partition coefficient (Wildman–Crippen LogP) is 3.25. The van der Waals surface area contributed by atoms with E-state index in [0.717, 1.165) is 0 Å². The number of thioether (sulfide) groups is 1. The number of benzene rings is 1. The normalized spacial score (nSPS) is 10.2. The monoisotopic (exact) mass is 234 g/mol. The van der Waals surface area contributed by atoms with Crippen LogP contribution in [0, 0.1) is 0 Å².